The maximum Gasteiger partial charge on any atom is 0.295 e. The minimum Gasteiger partial charge on any atom is -0.508 e. The highest BCUT2D eigenvalue weighted by Crippen LogP contribution is 2.41. The highest BCUT2D eigenvalue weighted by Gasteiger charge is 2.46. The van der Waals surface area contributed by atoms with Crippen molar-refractivity contribution in [1.29, 1.82) is 0 Å². The van der Waals surface area contributed by atoms with Gasteiger partial charge in [-0.1, -0.05) is 45.0 Å². The lowest BCUT2D eigenvalue weighted by Gasteiger charge is -2.26. The average molecular weight is 466 g/mol. The van der Waals surface area contributed by atoms with Crippen molar-refractivity contribution in [3.8, 4) is 5.75 Å². The Morgan fingerprint density at radius 3 is 2.32 bits per heavy atom. The summed E-state index contributed by atoms with van der Waals surface area (Å²) in [6, 6.07) is 11.5. The first-order valence-electron chi connectivity index (χ1n) is 11.7. The van der Waals surface area contributed by atoms with Gasteiger partial charge in [-0.2, -0.15) is 0 Å². The number of hydrogen-bond acceptors (Lipinski definition) is 5. The molecule has 0 aliphatic carbocycles. The van der Waals surface area contributed by atoms with Gasteiger partial charge < -0.3 is 19.8 Å². The second kappa shape index (κ2) is 10.0. The van der Waals surface area contributed by atoms with Gasteiger partial charge in [-0.3, -0.25) is 9.59 Å². The molecular weight excluding hydrogens is 430 g/mol. The number of carbonyl (C=O) groups excluding carboxylic acids is 2. The molecule has 1 amide bonds. The van der Waals surface area contributed by atoms with Gasteiger partial charge in [0.2, 0.25) is 0 Å². The molecule has 182 valence electrons. The molecular formula is C28H35NO5. The van der Waals surface area contributed by atoms with Crippen molar-refractivity contribution in [3.05, 3.63) is 70.3 Å². The number of amides is 1. The number of ether oxygens (including phenoxy) is 1. The van der Waals surface area contributed by atoms with Crippen molar-refractivity contribution in [1.82, 2.24) is 4.90 Å². The van der Waals surface area contributed by atoms with Crippen molar-refractivity contribution in [3.63, 3.8) is 0 Å². The molecule has 2 aromatic carbocycles. The van der Waals surface area contributed by atoms with E-state index in [4.69, 9.17) is 4.74 Å². The predicted octanol–water partition coefficient (Wildman–Crippen LogP) is 5.23. The zero-order valence-electron chi connectivity index (χ0n) is 20.9. The van der Waals surface area contributed by atoms with E-state index in [0.29, 0.717) is 30.7 Å². The van der Waals surface area contributed by atoms with E-state index in [-0.39, 0.29) is 28.6 Å². The molecule has 1 unspecified atom stereocenters. The number of nitrogens with zero attached hydrogens (tertiary/aromatic N) is 1. The van der Waals surface area contributed by atoms with Crippen LogP contribution >= 0.6 is 0 Å². The zero-order chi connectivity index (χ0) is 25.2. The summed E-state index contributed by atoms with van der Waals surface area (Å²) < 4.78 is 5.61. The Kier molecular flexibility index (Phi) is 7.51. The summed E-state index contributed by atoms with van der Waals surface area (Å²) in [5.74, 6) is -1.45. The van der Waals surface area contributed by atoms with Crippen molar-refractivity contribution in [2.45, 2.75) is 65.5 Å². The molecule has 1 atom stereocenters. The second-order valence-electron chi connectivity index (χ2n) is 10.1. The minimum atomic E-state index is -0.752. The first kappa shape index (κ1) is 25.5. The number of aromatic hydroxyl groups is 1. The monoisotopic (exact) mass is 465 g/mol. The fourth-order valence-corrected chi connectivity index (χ4v) is 4.16. The average Bonchev–Trinajstić information content (AvgIpc) is 3.01. The summed E-state index contributed by atoms with van der Waals surface area (Å²) >= 11 is 0. The highest BCUT2D eigenvalue weighted by molar-refractivity contribution is 6.46. The molecule has 1 aliphatic heterocycles. The Bertz CT molecular complexity index is 1090. The molecule has 1 fully saturated rings. The van der Waals surface area contributed by atoms with Gasteiger partial charge in [0, 0.05) is 18.7 Å². The molecule has 2 aromatic rings. The predicted molar refractivity (Wildman–Crippen MR) is 133 cm³/mol. The molecule has 34 heavy (non-hydrogen) atoms. The third-order valence-corrected chi connectivity index (χ3v) is 6.10. The quantitative estimate of drug-likeness (QED) is 0.253. The number of aliphatic hydroxyl groups is 1. The second-order valence-corrected chi connectivity index (χ2v) is 10.1. The number of Topliss-reactive ketones (excluding diaryl/α,β-unsaturated/α-hetero) is 1. The van der Waals surface area contributed by atoms with Crippen LogP contribution in [0.4, 0.5) is 0 Å². The van der Waals surface area contributed by atoms with Crippen LogP contribution in [0.1, 0.15) is 69.3 Å². The first-order chi connectivity index (χ1) is 15.9. The van der Waals surface area contributed by atoms with Crippen LogP contribution in [0.2, 0.25) is 0 Å². The van der Waals surface area contributed by atoms with Crippen LogP contribution in [0.25, 0.3) is 5.76 Å². The summed E-state index contributed by atoms with van der Waals surface area (Å²) in [4.78, 5) is 27.8. The van der Waals surface area contributed by atoms with E-state index < -0.39 is 17.7 Å². The number of hydrogen-bond donors (Lipinski definition) is 2. The lowest BCUT2D eigenvalue weighted by atomic mass is 9.84. The number of ketones is 1. The van der Waals surface area contributed by atoms with Gasteiger partial charge >= 0.3 is 0 Å². The Morgan fingerprint density at radius 1 is 1.09 bits per heavy atom. The maximum absolute atomic E-state index is 13.2. The van der Waals surface area contributed by atoms with Crippen LogP contribution in [-0.2, 0) is 19.7 Å². The van der Waals surface area contributed by atoms with Crippen molar-refractivity contribution in [2.24, 2.45) is 0 Å². The van der Waals surface area contributed by atoms with Crippen molar-refractivity contribution in [2.75, 3.05) is 13.2 Å². The molecule has 0 bridgehead atoms. The van der Waals surface area contributed by atoms with Gasteiger partial charge in [0.1, 0.15) is 11.5 Å². The van der Waals surface area contributed by atoms with Gasteiger partial charge in [-0.15, -0.1) is 0 Å². The summed E-state index contributed by atoms with van der Waals surface area (Å²) in [5.41, 5.74) is 2.93. The van der Waals surface area contributed by atoms with E-state index >= 15 is 0 Å². The van der Waals surface area contributed by atoms with Gasteiger partial charge in [-0.25, -0.2) is 0 Å². The molecule has 2 N–H and O–H groups in total. The molecule has 0 aromatic heterocycles. The van der Waals surface area contributed by atoms with Crippen molar-refractivity contribution < 1.29 is 24.5 Å². The Balaban J connectivity index is 2.11. The number of rotatable bonds is 7. The minimum absolute atomic E-state index is 0.0645. The molecule has 0 saturated carbocycles. The Hall–Kier alpha value is -3.12. The molecule has 0 spiro atoms. The fraction of sp³-hybridized carbons (Fsp3) is 0.429. The lowest BCUT2D eigenvalue weighted by Crippen LogP contribution is -2.31. The molecule has 6 nitrogen and oxygen atoms in total. The van der Waals surface area contributed by atoms with Gasteiger partial charge in [0.15, 0.2) is 0 Å². The Labute approximate surface area is 201 Å². The molecule has 1 aliphatic rings. The first-order valence-corrected chi connectivity index (χ1v) is 11.7. The van der Waals surface area contributed by atoms with E-state index in [1.54, 1.807) is 12.1 Å². The topological polar surface area (TPSA) is 87.1 Å². The van der Waals surface area contributed by atoms with E-state index in [9.17, 15) is 19.8 Å². The molecule has 0 radical (unpaired) electrons. The fourth-order valence-electron chi connectivity index (χ4n) is 4.16. The SMILES string of the molecule is Cc1ccc(C(C)(C)C)cc1/C(O)=C1\C(=O)C(=O)N(CCCOC(C)C)C1c1ccc(O)cc1. The number of likely N-dealkylation sites (tertiary alicyclic amines) is 1. The molecule has 1 heterocycles. The van der Waals surface area contributed by atoms with Gasteiger partial charge in [-0.05, 0) is 67.5 Å². The normalized spacial score (nSPS) is 18.2. The molecule has 6 heteroatoms. The summed E-state index contributed by atoms with van der Waals surface area (Å²) in [7, 11) is 0. The van der Waals surface area contributed by atoms with E-state index in [0.717, 1.165) is 11.1 Å². The number of benzene rings is 2. The van der Waals surface area contributed by atoms with Crippen LogP contribution in [0.5, 0.6) is 5.75 Å². The molecule has 1 saturated heterocycles. The molecule has 3 rings (SSSR count). The van der Waals surface area contributed by atoms with Crippen LogP contribution in [0, 0.1) is 6.92 Å². The number of aliphatic hydroxyl groups excluding tert-OH is 1. The van der Waals surface area contributed by atoms with E-state index in [1.807, 2.05) is 39.0 Å². The third kappa shape index (κ3) is 5.33. The largest absolute Gasteiger partial charge is 0.508 e. The van der Waals surface area contributed by atoms with Gasteiger partial charge in [0.25, 0.3) is 11.7 Å². The Morgan fingerprint density at radius 2 is 1.74 bits per heavy atom. The lowest BCUT2D eigenvalue weighted by molar-refractivity contribution is -0.140. The number of carbonyl (C=O) groups is 2. The third-order valence-electron chi connectivity index (χ3n) is 6.10. The van der Waals surface area contributed by atoms with Crippen LogP contribution in [-0.4, -0.2) is 46.1 Å². The number of phenols is 1. The number of phenolic OH excluding ortho intramolecular Hbond substituents is 1. The van der Waals surface area contributed by atoms with Gasteiger partial charge in [0.05, 0.1) is 17.7 Å². The zero-order valence-corrected chi connectivity index (χ0v) is 20.9. The van der Waals surface area contributed by atoms with Crippen LogP contribution in [0.15, 0.2) is 48.0 Å². The standard InChI is InChI=1S/C28H35NO5/c1-17(2)34-15-7-14-29-24(19-9-12-21(30)13-10-19)23(26(32)27(29)33)25(31)22-16-20(28(4,5)6)11-8-18(22)3/h8-13,16-17,24,30-31H,7,14-15H2,1-6H3/b25-23+. The highest BCUT2D eigenvalue weighted by atomic mass is 16.5. The maximum atomic E-state index is 13.2. The summed E-state index contributed by atoms with van der Waals surface area (Å²) in [6.07, 6.45) is 0.625. The smallest absolute Gasteiger partial charge is 0.295 e. The summed E-state index contributed by atoms with van der Waals surface area (Å²) in [5, 5.41) is 21.2. The van der Waals surface area contributed by atoms with E-state index in [2.05, 4.69) is 20.8 Å². The van der Waals surface area contributed by atoms with Crippen LogP contribution in [0.3, 0.4) is 0 Å². The number of aryl methyl sites for hydroxylation is 1. The van der Waals surface area contributed by atoms with E-state index in [1.165, 1.54) is 17.0 Å². The summed E-state index contributed by atoms with van der Waals surface area (Å²) in [6.45, 7) is 12.8. The van der Waals surface area contributed by atoms with Crippen molar-refractivity contribution >= 4 is 17.4 Å². The van der Waals surface area contributed by atoms with Crippen LogP contribution < -0.4 is 0 Å².